The van der Waals surface area contributed by atoms with E-state index < -0.39 is 21.6 Å². The maximum absolute atomic E-state index is 11.7. The molecule has 0 aromatic heterocycles. The molecule has 0 aliphatic carbocycles. The number of carbonyl (C=O) groups excluding carboxylic acids is 2. The highest BCUT2D eigenvalue weighted by molar-refractivity contribution is 6.77. The molecule has 0 bridgehead atoms. The van der Waals surface area contributed by atoms with Gasteiger partial charge in [0.25, 0.3) is 3.79 Å². The van der Waals surface area contributed by atoms with E-state index in [1.807, 2.05) is 30.3 Å². The molecule has 1 N–H and O–H groups in total. The summed E-state index contributed by atoms with van der Waals surface area (Å²) in [6.45, 7) is 0. The first kappa shape index (κ1) is 17.8. The van der Waals surface area contributed by atoms with E-state index in [0.29, 0.717) is 6.42 Å². The molecule has 0 radical (unpaired) electrons. The van der Waals surface area contributed by atoms with E-state index in [4.69, 9.17) is 39.5 Å². The molecule has 0 heterocycles. The second kappa shape index (κ2) is 8.27. The van der Waals surface area contributed by atoms with Gasteiger partial charge >= 0.3 is 5.97 Å². The van der Waals surface area contributed by atoms with Crippen molar-refractivity contribution in [2.45, 2.75) is 16.3 Å². The summed E-state index contributed by atoms with van der Waals surface area (Å²) in [7, 11) is 1.29. The molecule has 1 aromatic rings. The van der Waals surface area contributed by atoms with Crippen LogP contribution in [0.25, 0.3) is 0 Å². The van der Waals surface area contributed by atoms with Gasteiger partial charge in [-0.25, -0.2) is 4.79 Å². The average molecular weight is 351 g/mol. The number of allylic oxidation sites excluding steroid dienone is 1. The van der Waals surface area contributed by atoms with Crippen molar-refractivity contribution in [3.05, 3.63) is 48.2 Å². The summed E-state index contributed by atoms with van der Waals surface area (Å²) in [6.07, 6.45) is 2.74. The Morgan fingerprint density at radius 3 is 2.43 bits per heavy atom. The van der Waals surface area contributed by atoms with Crippen LogP contribution in [0.3, 0.4) is 0 Å². The van der Waals surface area contributed by atoms with Crippen molar-refractivity contribution < 1.29 is 14.3 Å². The van der Waals surface area contributed by atoms with Crippen molar-refractivity contribution >= 4 is 46.6 Å². The zero-order valence-corrected chi connectivity index (χ0v) is 13.5. The van der Waals surface area contributed by atoms with E-state index in [9.17, 15) is 9.59 Å². The van der Waals surface area contributed by atoms with Gasteiger partial charge in [0.1, 0.15) is 6.04 Å². The van der Waals surface area contributed by atoms with Crippen molar-refractivity contribution in [2.24, 2.45) is 0 Å². The van der Waals surface area contributed by atoms with E-state index >= 15 is 0 Å². The number of hydrogen-bond donors (Lipinski definition) is 1. The number of hydrogen-bond acceptors (Lipinski definition) is 4. The minimum Gasteiger partial charge on any atom is -0.467 e. The number of rotatable bonds is 6. The van der Waals surface area contributed by atoms with Gasteiger partial charge in [0.2, 0.25) is 5.78 Å². The number of ketones is 1. The maximum Gasteiger partial charge on any atom is 0.328 e. The third kappa shape index (κ3) is 6.38. The molecule has 7 heteroatoms. The fourth-order valence-corrected chi connectivity index (χ4v) is 1.73. The normalized spacial score (nSPS) is 13.0. The van der Waals surface area contributed by atoms with E-state index in [1.54, 1.807) is 0 Å². The van der Waals surface area contributed by atoms with Crippen LogP contribution < -0.4 is 5.32 Å². The minimum atomic E-state index is -2.02. The van der Waals surface area contributed by atoms with Crippen LogP contribution in [0, 0.1) is 0 Å². The molecule has 1 unspecified atom stereocenters. The molecule has 0 spiro atoms. The molecule has 1 rings (SSSR count). The van der Waals surface area contributed by atoms with Gasteiger partial charge < -0.3 is 10.1 Å². The predicted octanol–water partition coefficient (Wildman–Crippen LogP) is 2.81. The highest BCUT2D eigenvalue weighted by Crippen LogP contribution is 2.27. The van der Waals surface area contributed by atoms with Gasteiger partial charge in [-0.15, -0.1) is 0 Å². The van der Waals surface area contributed by atoms with Gasteiger partial charge in [-0.1, -0.05) is 65.1 Å². The van der Waals surface area contributed by atoms with Crippen LogP contribution in [-0.2, 0) is 20.7 Å². The molecule has 0 amide bonds. The van der Waals surface area contributed by atoms with Crippen molar-refractivity contribution in [2.75, 3.05) is 7.11 Å². The third-order valence-electron chi connectivity index (χ3n) is 2.58. The Labute approximate surface area is 138 Å². The van der Waals surface area contributed by atoms with Gasteiger partial charge in [0.05, 0.1) is 7.11 Å². The second-order valence-corrected chi connectivity index (χ2v) is 6.41. The lowest BCUT2D eigenvalue weighted by molar-refractivity contribution is -0.142. The van der Waals surface area contributed by atoms with Crippen LogP contribution in [0.1, 0.15) is 5.56 Å². The number of carbonyl (C=O) groups is 2. The number of esters is 1. The Morgan fingerprint density at radius 2 is 1.90 bits per heavy atom. The molecule has 0 fully saturated rings. The highest BCUT2D eigenvalue weighted by Gasteiger charge is 2.28. The van der Waals surface area contributed by atoms with Crippen LogP contribution in [0.15, 0.2) is 42.6 Å². The molecule has 4 nitrogen and oxygen atoms in total. The van der Waals surface area contributed by atoms with E-state index in [1.165, 1.54) is 13.3 Å². The van der Waals surface area contributed by atoms with E-state index in [-0.39, 0.29) is 0 Å². The van der Waals surface area contributed by atoms with Gasteiger partial charge in [0, 0.05) is 18.7 Å². The molecular weight excluding hydrogens is 337 g/mol. The van der Waals surface area contributed by atoms with Crippen LogP contribution >= 0.6 is 34.8 Å². The molecule has 1 atom stereocenters. The molecule has 0 saturated heterocycles. The zero-order valence-electron chi connectivity index (χ0n) is 11.2. The summed E-state index contributed by atoms with van der Waals surface area (Å²) in [6, 6.07) is 8.74. The maximum atomic E-state index is 11.7. The standard InChI is InChI=1S/C14H14Cl3NO3/c1-21-13(20)11(9-10-5-3-2-4-6-10)18-8-7-12(19)14(15,16)17/h2-8,11,18H,9H2,1H3/b8-7+. The van der Waals surface area contributed by atoms with Crippen LogP contribution in [-0.4, -0.2) is 28.7 Å². The van der Waals surface area contributed by atoms with Crippen molar-refractivity contribution in [1.82, 2.24) is 5.32 Å². The average Bonchev–Trinajstić information content (AvgIpc) is 2.45. The number of alkyl halides is 3. The molecule has 0 aliphatic heterocycles. The van der Waals surface area contributed by atoms with E-state index in [0.717, 1.165) is 11.6 Å². The Bertz CT molecular complexity index is 512. The number of benzene rings is 1. The fourth-order valence-electron chi connectivity index (χ4n) is 1.54. The summed E-state index contributed by atoms with van der Waals surface area (Å²) in [5.74, 6) is -1.16. The van der Waals surface area contributed by atoms with Crippen molar-refractivity contribution in [1.29, 1.82) is 0 Å². The number of halogens is 3. The Morgan fingerprint density at radius 1 is 1.29 bits per heavy atom. The van der Waals surface area contributed by atoms with Crippen LogP contribution in [0.4, 0.5) is 0 Å². The minimum absolute atomic E-state index is 0.403. The largest absolute Gasteiger partial charge is 0.467 e. The second-order valence-electron chi connectivity index (χ2n) is 4.13. The summed E-state index contributed by atoms with van der Waals surface area (Å²) in [5, 5.41) is 2.77. The lowest BCUT2D eigenvalue weighted by Gasteiger charge is -2.15. The summed E-state index contributed by atoms with van der Waals surface area (Å²) >= 11 is 16.3. The van der Waals surface area contributed by atoms with Crippen molar-refractivity contribution in [3.63, 3.8) is 0 Å². The van der Waals surface area contributed by atoms with Gasteiger partial charge in [-0.05, 0) is 5.56 Å². The SMILES string of the molecule is COC(=O)C(Cc1ccccc1)N/C=C/C(=O)C(Cl)(Cl)Cl. The summed E-state index contributed by atoms with van der Waals surface area (Å²) in [5.41, 5.74) is 0.946. The Hall–Kier alpha value is -1.23. The molecule has 1 aromatic carbocycles. The van der Waals surface area contributed by atoms with E-state index in [2.05, 4.69) is 5.32 Å². The lowest BCUT2D eigenvalue weighted by Crippen LogP contribution is -2.36. The highest BCUT2D eigenvalue weighted by atomic mass is 35.6. The topological polar surface area (TPSA) is 55.4 Å². The molecule has 0 aliphatic rings. The van der Waals surface area contributed by atoms with Gasteiger partial charge in [-0.3, -0.25) is 4.79 Å². The molecular formula is C14H14Cl3NO3. The fraction of sp³-hybridized carbons (Fsp3) is 0.286. The Kier molecular flexibility index (Phi) is 7.02. The van der Waals surface area contributed by atoms with Crippen LogP contribution in [0.5, 0.6) is 0 Å². The number of methoxy groups -OCH3 is 1. The molecule has 114 valence electrons. The van der Waals surface area contributed by atoms with Crippen LogP contribution in [0.2, 0.25) is 0 Å². The number of nitrogens with one attached hydrogen (secondary N) is 1. The zero-order chi connectivity index (χ0) is 15.9. The number of ether oxygens (including phenoxy) is 1. The quantitative estimate of drug-likeness (QED) is 0.487. The monoisotopic (exact) mass is 349 g/mol. The summed E-state index contributed by atoms with van der Waals surface area (Å²) < 4.78 is 2.70. The van der Waals surface area contributed by atoms with Crippen molar-refractivity contribution in [3.8, 4) is 0 Å². The molecule has 21 heavy (non-hydrogen) atoms. The lowest BCUT2D eigenvalue weighted by atomic mass is 10.1. The van der Waals surface area contributed by atoms with Gasteiger partial charge in [0.15, 0.2) is 0 Å². The Balaban J connectivity index is 2.70. The first-order chi connectivity index (χ1) is 9.84. The first-order valence-electron chi connectivity index (χ1n) is 6.00. The smallest absolute Gasteiger partial charge is 0.328 e. The predicted molar refractivity (Wildman–Crippen MR) is 83.5 cm³/mol. The van der Waals surface area contributed by atoms with Gasteiger partial charge in [-0.2, -0.15) is 0 Å². The third-order valence-corrected chi connectivity index (χ3v) is 3.14. The summed E-state index contributed by atoms with van der Waals surface area (Å²) in [4.78, 5) is 23.1. The molecule has 0 saturated carbocycles. The first-order valence-corrected chi connectivity index (χ1v) is 7.13.